The number of carboxylic acids is 1. The van der Waals surface area contributed by atoms with Gasteiger partial charge >= 0.3 is 5.97 Å². The zero-order valence-electron chi connectivity index (χ0n) is 15.0. The van der Waals surface area contributed by atoms with Gasteiger partial charge in [0.15, 0.2) is 16.5 Å². The van der Waals surface area contributed by atoms with Crippen molar-refractivity contribution >= 4 is 34.4 Å². The molecule has 1 aliphatic rings. The van der Waals surface area contributed by atoms with Crippen LogP contribution in [0.5, 0.6) is 0 Å². The molecule has 0 spiro atoms. The summed E-state index contributed by atoms with van der Waals surface area (Å²) in [5.74, 6) is -3.87. The lowest BCUT2D eigenvalue weighted by atomic mass is 9.93. The van der Waals surface area contributed by atoms with Gasteiger partial charge < -0.3 is 9.66 Å². The van der Waals surface area contributed by atoms with Crippen LogP contribution < -0.4 is 0 Å². The predicted molar refractivity (Wildman–Crippen MR) is 102 cm³/mol. The molecule has 6 heteroatoms. The van der Waals surface area contributed by atoms with Gasteiger partial charge in [0.25, 0.3) is 0 Å². The number of hydrogen-bond donors (Lipinski definition) is 1. The Hall–Kier alpha value is -2.44. The van der Waals surface area contributed by atoms with Crippen molar-refractivity contribution in [2.24, 2.45) is 5.92 Å². The molecule has 1 aliphatic carbocycles. The predicted octanol–water partition coefficient (Wildman–Crippen LogP) is 4.75. The van der Waals surface area contributed by atoms with Gasteiger partial charge in [0.05, 0.1) is 5.92 Å². The molecule has 2 aromatic carbocycles. The van der Waals surface area contributed by atoms with Crippen LogP contribution in [0.15, 0.2) is 46.9 Å². The molecule has 27 heavy (non-hydrogen) atoms. The van der Waals surface area contributed by atoms with Gasteiger partial charge in [-0.25, -0.2) is 8.78 Å². The van der Waals surface area contributed by atoms with E-state index in [1.54, 1.807) is 43.5 Å². The van der Waals surface area contributed by atoms with Crippen LogP contribution in [0, 0.1) is 17.6 Å². The molecule has 0 radical (unpaired) electrons. The first-order chi connectivity index (χ1) is 12.7. The minimum Gasteiger partial charge on any atom is -0.612 e. The average molecular weight is 388 g/mol. The lowest BCUT2D eigenvalue weighted by molar-refractivity contribution is -0.139. The molecule has 0 bridgehead atoms. The maximum Gasteiger partial charge on any atom is 0.310 e. The van der Waals surface area contributed by atoms with Gasteiger partial charge in [0.1, 0.15) is 6.26 Å². The normalized spacial score (nSPS) is 17.2. The fourth-order valence-electron chi connectivity index (χ4n) is 3.33. The van der Waals surface area contributed by atoms with Crippen molar-refractivity contribution in [3.8, 4) is 0 Å². The van der Waals surface area contributed by atoms with E-state index in [9.17, 15) is 23.2 Å². The molecule has 0 heterocycles. The van der Waals surface area contributed by atoms with Crippen LogP contribution in [-0.4, -0.2) is 21.9 Å². The fourth-order valence-corrected chi connectivity index (χ4v) is 3.85. The molecule has 3 rings (SSSR count). The lowest BCUT2D eigenvalue weighted by Crippen LogP contribution is -2.11. The van der Waals surface area contributed by atoms with E-state index in [1.165, 1.54) is 6.92 Å². The number of allylic oxidation sites excluding steroid dienone is 2. The summed E-state index contributed by atoms with van der Waals surface area (Å²) in [5, 5.41) is 9.42. The minimum atomic E-state index is -1.09. The average Bonchev–Trinajstić information content (AvgIpc) is 2.86. The quantitative estimate of drug-likeness (QED) is 0.769. The fraction of sp³-hybridized carbons (Fsp3) is 0.190. The summed E-state index contributed by atoms with van der Waals surface area (Å²) < 4.78 is 39.2. The molecule has 2 aromatic rings. The van der Waals surface area contributed by atoms with Gasteiger partial charge in [-0.15, -0.1) is 0 Å². The minimum absolute atomic E-state index is 0.402. The monoisotopic (exact) mass is 388 g/mol. The molecule has 0 saturated heterocycles. The molecule has 0 fully saturated rings. The smallest absolute Gasteiger partial charge is 0.310 e. The third-order valence-electron chi connectivity index (χ3n) is 4.78. The summed E-state index contributed by atoms with van der Waals surface area (Å²) in [4.78, 5) is 12.2. The maximum absolute atomic E-state index is 13.9. The van der Waals surface area contributed by atoms with E-state index >= 15 is 0 Å². The highest BCUT2D eigenvalue weighted by molar-refractivity contribution is 7.90. The zero-order chi connectivity index (χ0) is 19.9. The van der Waals surface area contributed by atoms with Crippen LogP contribution in [0.3, 0.4) is 0 Å². The molecular formula is C21H18F2O3S. The summed E-state index contributed by atoms with van der Waals surface area (Å²) in [6.07, 6.45) is 3.39. The van der Waals surface area contributed by atoms with Crippen LogP contribution in [0.4, 0.5) is 8.78 Å². The molecule has 2 unspecified atom stereocenters. The molecule has 0 aromatic heterocycles. The molecule has 3 nitrogen and oxygen atoms in total. The lowest BCUT2D eigenvalue weighted by Gasteiger charge is -2.11. The molecule has 1 N–H and O–H groups in total. The van der Waals surface area contributed by atoms with Crippen LogP contribution in [-0.2, 0) is 16.0 Å². The highest BCUT2D eigenvalue weighted by atomic mass is 32.2. The summed E-state index contributed by atoms with van der Waals surface area (Å²) in [7, 11) is 0. The number of halogens is 2. The largest absolute Gasteiger partial charge is 0.612 e. The Kier molecular flexibility index (Phi) is 5.22. The summed E-state index contributed by atoms with van der Waals surface area (Å²) in [5.41, 5.74) is 3.47. The van der Waals surface area contributed by atoms with Gasteiger partial charge in [0.2, 0.25) is 0 Å². The summed E-state index contributed by atoms with van der Waals surface area (Å²) >= 11 is -1.09. The standard InChI is InChI=1S/C21H18F2O3S/c1-11-15(8-13-4-6-14(7-5-13)27(3)26)16-9-18(22)19(23)10-17(16)20(11)12(2)21(24)25/h4-10,12H,1-3H3,(H,24,25)/b15-8+. The molecule has 0 amide bonds. The van der Waals surface area contributed by atoms with E-state index in [0.29, 0.717) is 32.7 Å². The number of hydrogen-bond acceptors (Lipinski definition) is 2. The van der Waals surface area contributed by atoms with Crippen molar-refractivity contribution in [2.45, 2.75) is 18.7 Å². The van der Waals surface area contributed by atoms with Crippen molar-refractivity contribution in [2.75, 3.05) is 6.26 Å². The third-order valence-corrected chi connectivity index (χ3v) is 5.71. The molecule has 2 atom stereocenters. The van der Waals surface area contributed by atoms with Gasteiger partial charge in [-0.05, 0) is 101 Å². The Morgan fingerprint density at radius 3 is 2.22 bits per heavy atom. The van der Waals surface area contributed by atoms with Crippen LogP contribution in [0.1, 0.15) is 30.5 Å². The molecule has 0 saturated carbocycles. The summed E-state index contributed by atoms with van der Waals surface area (Å²) in [6, 6.07) is 9.22. The van der Waals surface area contributed by atoms with E-state index in [2.05, 4.69) is 0 Å². The van der Waals surface area contributed by atoms with Crippen molar-refractivity contribution in [3.05, 3.63) is 70.3 Å². The van der Waals surface area contributed by atoms with Gasteiger partial charge in [0, 0.05) is 0 Å². The molecule has 0 aliphatic heterocycles. The van der Waals surface area contributed by atoms with Gasteiger partial charge in [-0.1, -0.05) is 0 Å². The first-order valence-electron chi connectivity index (χ1n) is 8.29. The summed E-state index contributed by atoms with van der Waals surface area (Å²) in [6.45, 7) is 3.28. The Morgan fingerprint density at radius 1 is 1.15 bits per heavy atom. The van der Waals surface area contributed by atoms with Crippen molar-refractivity contribution < 1.29 is 23.2 Å². The van der Waals surface area contributed by atoms with Crippen LogP contribution in [0.2, 0.25) is 0 Å². The highest BCUT2D eigenvalue weighted by Crippen LogP contribution is 2.46. The Morgan fingerprint density at radius 2 is 1.70 bits per heavy atom. The Bertz CT molecular complexity index is 976. The van der Waals surface area contributed by atoms with Crippen LogP contribution >= 0.6 is 0 Å². The number of carboxylic acid groups (broad SMARTS) is 1. The van der Waals surface area contributed by atoms with Crippen molar-refractivity contribution in [1.82, 2.24) is 0 Å². The van der Waals surface area contributed by atoms with Crippen molar-refractivity contribution in [1.29, 1.82) is 0 Å². The Balaban J connectivity index is 2.17. The maximum atomic E-state index is 13.9. The van der Waals surface area contributed by atoms with Crippen molar-refractivity contribution in [3.63, 3.8) is 0 Å². The number of aliphatic carboxylic acids is 1. The zero-order valence-corrected chi connectivity index (χ0v) is 15.9. The third kappa shape index (κ3) is 3.55. The first kappa shape index (κ1) is 19.3. The molecule has 140 valence electrons. The van der Waals surface area contributed by atoms with E-state index in [-0.39, 0.29) is 0 Å². The van der Waals surface area contributed by atoms with E-state index in [1.807, 2.05) is 0 Å². The second-order valence-corrected chi connectivity index (χ2v) is 7.87. The number of benzene rings is 2. The SMILES string of the molecule is CC1=C(C(C)C(=O)O)c2cc(F)c(F)cc2/C1=C/c1ccc([S+](C)[O-])cc1. The second-order valence-electron chi connectivity index (χ2n) is 6.49. The topological polar surface area (TPSA) is 60.4 Å². The van der Waals surface area contributed by atoms with Gasteiger partial charge in [-0.2, -0.15) is 0 Å². The van der Waals surface area contributed by atoms with E-state index in [0.717, 1.165) is 17.7 Å². The number of rotatable bonds is 4. The molecular weight excluding hydrogens is 370 g/mol. The number of carbonyl (C=O) groups is 1. The second kappa shape index (κ2) is 7.29. The van der Waals surface area contributed by atoms with E-state index in [4.69, 9.17) is 0 Å². The van der Waals surface area contributed by atoms with Crippen LogP contribution in [0.25, 0.3) is 17.2 Å². The Labute approximate surface area is 159 Å². The first-order valence-corrected chi connectivity index (χ1v) is 9.85. The van der Waals surface area contributed by atoms with Gasteiger partial charge in [-0.3, -0.25) is 4.79 Å². The van der Waals surface area contributed by atoms with E-state index < -0.39 is 34.7 Å². The highest BCUT2D eigenvalue weighted by Gasteiger charge is 2.31. The number of fused-ring (bicyclic) bond motifs is 1.